The summed E-state index contributed by atoms with van der Waals surface area (Å²) >= 11 is 0. The van der Waals surface area contributed by atoms with Gasteiger partial charge in [-0.3, -0.25) is 4.79 Å². The first-order chi connectivity index (χ1) is 10.1. The minimum atomic E-state index is -0.0810. The van der Waals surface area contributed by atoms with Crippen LogP contribution in [0.1, 0.15) is 23.0 Å². The third kappa shape index (κ3) is 2.60. The smallest absolute Gasteiger partial charge is 0.230 e. The Kier molecular flexibility index (Phi) is 3.36. The van der Waals surface area contributed by atoms with Crippen molar-refractivity contribution >= 4 is 16.7 Å². The van der Waals surface area contributed by atoms with Gasteiger partial charge in [-0.2, -0.15) is 0 Å². The summed E-state index contributed by atoms with van der Waals surface area (Å²) in [5.74, 6) is 0.820. The first-order valence-corrected chi connectivity index (χ1v) is 6.65. The largest absolute Gasteiger partial charge is 0.436 e. The normalized spacial score (nSPS) is 10.6. The number of pyridine rings is 2. The molecule has 0 radical (unpaired) electrons. The van der Waals surface area contributed by atoms with Crippen LogP contribution in [0, 0.1) is 6.92 Å². The molecule has 3 rings (SSSR count). The molecule has 0 aliphatic rings. The summed E-state index contributed by atoms with van der Waals surface area (Å²) < 4.78 is 5.84. The molecule has 104 valence electrons. The minimum Gasteiger partial charge on any atom is -0.436 e. The summed E-state index contributed by atoms with van der Waals surface area (Å²) in [4.78, 5) is 20.3. The fourth-order valence-corrected chi connectivity index (χ4v) is 2.14. The Hall–Kier alpha value is -2.75. The van der Waals surface area contributed by atoms with Crippen LogP contribution < -0.4 is 4.74 Å². The van der Waals surface area contributed by atoms with E-state index in [4.69, 9.17) is 4.74 Å². The van der Waals surface area contributed by atoms with E-state index >= 15 is 0 Å². The van der Waals surface area contributed by atoms with Crippen molar-refractivity contribution in [1.82, 2.24) is 9.97 Å². The zero-order valence-electron chi connectivity index (χ0n) is 11.8. The molecule has 2 heterocycles. The number of aryl methyl sites for hydroxylation is 1. The lowest BCUT2D eigenvalue weighted by Gasteiger charge is -2.10. The van der Waals surface area contributed by atoms with Crippen molar-refractivity contribution in [3.05, 3.63) is 59.9 Å². The number of rotatable bonds is 3. The third-order valence-electron chi connectivity index (χ3n) is 3.18. The van der Waals surface area contributed by atoms with Gasteiger partial charge in [0.2, 0.25) is 5.88 Å². The molecule has 0 bridgehead atoms. The molecule has 0 saturated carbocycles. The molecule has 2 aromatic heterocycles. The lowest BCUT2D eigenvalue weighted by molar-refractivity contribution is 0.101. The van der Waals surface area contributed by atoms with Crippen LogP contribution in [0.25, 0.3) is 10.9 Å². The molecule has 0 aliphatic carbocycles. The number of Topliss-reactive ketones (excluding diaryl/α,β-unsaturated/α-hetero) is 1. The number of benzene rings is 1. The van der Waals surface area contributed by atoms with E-state index in [2.05, 4.69) is 9.97 Å². The lowest BCUT2D eigenvalue weighted by atomic mass is 10.2. The highest BCUT2D eigenvalue weighted by molar-refractivity contribution is 5.96. The van der Waals surface area contributed by atoms with Crippen LogP contribution in [0.4, 0.5) is 0 Å². The summed E-state index contributed by atoms with van der Waals surface area (Å²) in [6.07, 6.45) is 1.60. The van der Waals surface area contributed by atoms with Gasteiger partial charge >= 0.3 is 0 Å². The number of nitrogens with zero attached hydrogens (tertiary/aromatic N) is 2. The molecule has 0 spiro atoms. The van der Waals surface area contributed by atoms with E-state index in [-0.39, 0.29) is 5.78 Å². The van der Waals surface area contributed by atoms with E-state index in [9.17, 15) is 4.79 Å². The van der Waals surface area contributed by atoms with E-state index in [1.54, 1.807) is 18.3 Å². The second kappa shape index (κ2) is 5.32. The number of carbonyl (C=O) groups is 1. The molecular formula is C17H14N2O2. The van der Waals surface area contributed by atoms with Crippen molar-refractivity contribution in [2.24, 2.45) is 0 Å². The number of hydrogen-bond acceptors (Lipinski definition) is 4. The van der Waals surface area contributed by atoms with Gasteiger partial charge in [0.05, 0.1) is 5.56 Å². The molecule has 3 aromatic rings. The standard InChI is InChI=1S/C17H14N2O2/c1-11-8-9-13-5-3-7-15(16(13)19-11)21-17-14(12(2)20)6-4-10-18-17/h3-10H,1-2H3. The van der Waals surface area contributed by atoms with Gasteiger partial charge in [0.25, 0.3) is 0 Å². The molecule has 0 saturated heterocycles. The van der Waals surface area contributed by atoms with Crippen LogP contribution in [0.15, 0.2) is 48.7 Å². The molecule has 0 amide bonds. The summed E-state index contributed by atoms with van der Waals surface area (Å²) in [5.41, 5.74) is 2.13. The quantitative estimate of drug-likeness (QED) is 0.681. The topological polar surface area (TPSA) is 52.1 Å². The van der Waals surface area contributed by atoms with Crippen LogP contribution in [0.3, 0.4) is 0 Å². The summed E-state index contributed by atoms with van der Waals surface area (Å²) in [6.45, 7) is 3.42. The van der Waals surface area contributed by atoms with Gasteiger partial charge in [-0.05, 0) is 38.1 Å². The second-order valence-electron chi connectivity index (χ2n) is 4.79. The number of aromatic nitrogens is 2. The molecular weight excluding hydrogens is 264 g/mol. The van der Waals surface area contributed by atoms with Gasteiger partial charge in [0, 0.05) is 17.3 Å². The molecule has 0 unspecified atom stereocenters. The predicted octanol–water partition coefficient (Wildman–Crippen LogP) is 3.93. The average molecular weight is 278 g/mol. The maximum absolute atomic E-state index is 11.6. The molecule has 4 nitrogen and oxygen atoms in total. The number of carbonyl (C=O) groups excluding carboxylic acids is 1. The Bertz CT molecular complexity index is 828. The van der Waals surface area contributed by atoms with Gasteiger partial charge in [-0.1, -0.05) is 18.2 Å². The van der Waals surface area contributed by atoms with Crippen LogP contribution in [0.5, 0.6) is 11.6 Å². The molecule has 21 heavy (non-hydrogen) atoms. The fourth-order valence-electron chi connectivity index (χ4n) is 2.14. The van der Waals surface area contributed by atoms with Crippen molar-refractivity contribution in [2.45, 2.75) is 13.8 Å². The number of hydrogen-bond donors (Lipinski definition) is 0. The second-order valence-corrected chi connectivity index (χ2v) is 4.79. The molecule has 1 aromatic carbocycles. The van der Waals surface area contributed by atoms with E-state index in [0.29, 0.717) is 17.2 Å². The Labute approximate surface area is 122 Å². The number of ether oxygens (including phenoxy) is 1. The summed E-state index contributed by atoms with van der Waals surface area (Å²) in [5, 5.41) is 0.985. The van der Waals surface area contributed by atoms with E-state index < -0.39 is 0 Å². The minimum absolute atomic E-state index is 0.0810. The van der Waals surface area contributed by atoms with Gasteiger partial charge in [0.1, 0.15) is 5.52 Å². The van der Waals surface area contributed by atoms with Crippen LogP contribution in [0.2, 0.25) is 0 Å². The lowest BCUT2D eigenvalue weighted by Crippen LogP contribution is -1.99. The molecule has 4 heteroatoms. The zero-order chi connectivity index (χ0) is 14.8. The number of ketones is 1. The van der Waals surface area contributed by atoms with E-state index in [0.717, 1.165) is 16.6 Å². The monoisotopic (exact) mass is 278 g/mol. The Morgan fingerprint density at radius 3 is 2.76 bits per heavy atom. The van der Waals surface area contributed by atoms with Crippen LogP contribution >= 0.6 is 0 Å². The molecule has 0 N–H and O–H groups in total. The maximum atomic E-state index is 11.6. The van der Waals surface area contributed by atoms with Crippen LogP contribution in [-0.2, 0) is 0 Å². The zero-order valence-corrected chi connectivity index (χ0v) is 11.8. The molecule has 0 aliphatic heterocycles. The number of para-hydroxylation sites is 1. The highest BCUT2D eigenvalue weighted by Crippen LogP contribution is 2.29. The van der Waals surface area contributed by atoms with Gasteiger partial charge in [0.15, 0.2) is 11.5 Å². The van der Waals surface area contributed by atoms with Crippen molar-refractivity contribution < 1.29 is 9.53 Å². The Morgan fingerprint density at radius 1 is 1.10 bits per heavy atom. The van der Waals surface area contributed by atoms with Crippen LogP contribution in [-0.4, -0.2) is 15.8 Å². The van der Waals surface area contributed by atoms with Crippen molar-refractivity contribution in [2.75, 3.05) is 0 Å². The average Bonchev–Trinajstić information content (AvgIpc) is 2.48. The van der Waals surface area contributed by atoms with Crippen molar-refractivity contribution in [3.63, 3.8) is 0 Å². The summed E-state index contributed by atoms with van der Waals surface area (Å²) in [7, 11) is 0. The van der Waals surface area contributed by atoms with E-state index in [1.165, 1.54) is 6.92 Å². The first kappa shape index (κ1) is 13.2. The molecule has 0 atom stereocenters. The first-order valence-electron chi connectivity index (χ1n) is 6.65. The third-order valence-corrected chi connectivity index (χ3v) is 3.18. The van der Waals surface area contributed by atoms with E-state index in [1.807, 2.05) is 37.3 Å². The van der Waals surface area contributed by atoms with Crippen molar-refractivity contribution in [1.29, 1.82) is 0 Å². The highest BCUT2D eigenvalue weighted by Gasteiger charge is 2.12. The Balaban J connectivity index is 2.11. The highest BCUT2D eigenvalue weighted by atomic mass is 16.5. The SMILES string of the molecule is CC(=O)c1cccnc1Oc1cccc2ccc(C)nc12. The van der Waals surface area contributed by atoms with Gasteiger partial charge in [-0.25, -0.2) is 9.97 Å². The molecule has 0 fully saturated rings. The predicted molar refractivity (Wildman–Crippen MR) is 80.8 cm³/mol. The number of fused-ring (bicyclic) bond motifs is 1. The van der Waals surface area contributed by atoms with Crippen molar-refractivity contribution in [3.8, 4) is 11.6 Å². The summed E-state index contributed by atoms with van der Waals surface area (Å²) in [6, 6.07) is 13.1. The maximum Gasteiger partial charge on any atom is 0.230 e. The fraction of sp³-hybridized carbons (Fsp3) is 0.118. The Morgan fingerprint density at radius 2 is 1.95 bits per heavy atom. The van der Waals surface area contributed by atoms with Gasteiger partial charge in [-0.15, -0.1) is 0 Å². The van der Waals surface area contributed by atoms with Gasteiger partial charge < -0.3 is 4.74 Å².